The summed E-state index contributed by atoms with van der Waals surface area (Å²) in [5, 5.41) is 3.46. The SMILES string of the molecule is FC(F)(F)c1cc(Cl)cc([C@H](CC2CC2)N2CCNCC2)c1. The molecule has 122 valence electrons. The molecular weight excluding hydrogens is 313 g/mol. The highest BCUT2D eigenvalue weighted by Crippen LogP contribution is 2.42. The van der Waals surface area contributed by atoms with Crippen LogP contribution in [0.15, 0.2) is 18.2 Å². The van der Waals surface area contributed by atoms with Crippen molar-refractivity contribution in [2.45, 2.75) is 31.5 Å². The van der Waals surface area contributed by atoms with Gasteiger partial charge in [0.25, 0.3) is 0 Å². The predicted molar refractivity (Wildman–Crippen MR) is 81.0 cm³/mol. The summed E-state index contributed by atoms with van der Waals surface area (Å²) in [7, 11) is 0. The maximum absolute atomic E-state index is 13.0. The van der Waals surface area contributed by atoms with Gasteiger partial charge in [-0.25, -0.2) is 0 Å². The lowest BCUT2D eigenvalue weighted by molar-refractivity contribution is -0.137. The molecular formula is C16H20ClF3N2. The van der Waals surface area contributed by atoms with E-state index in [0.717, 1.165) is 38.7 Å². The summed E-state index contributed by atoms with van der Waals surface area (Å²) in [6.07, 6.45) is -1.05. The third-order valence-electron chi connectivity index (χ3n) is 4.48. The Bertz CT molecular complexity index is 523. The lowest BCUT2D eigenvalue weighted by Crippen LogP contribution is -2.45. The summed E-state index contributed by atoms with van der Waals surface area (Å²) in [6, 6.07) is 4.03. The zero-order valence-corrected chi connectivity index (χ0v) is 13.1. The highest BCUT2D eigenvalue weighted by molar-refractivity contribution is 6.30. The first-order valence-electron chi connectivity index (χ1n) is 7.76. The number of piperazine rings is 1. The Hall–Kier alpha value is -0.780. The van der Waals surface area contributed by atoms with Gasteiger partial charge in [0.15, 0.2) is 0 Å². The number of hydrogen-bond acceptors (Lipinski definition) is 2. The summed E-state index contributed by atoms with van der Waals surface area (Å²) in [6.45, 7) is 3.50. The molecule has 1 saturated heterocycles. The van der Waals surface area contributed by atoms with Crippen LogP contribution in [0.2, 0.25) is 5.02 Å². The van der Waals surface area contributed by atoms with E-state index in [1.165, 1.54) is 18.9 Å². The zero-order valence-electron chi connectivity index (χ0n) is 12.3. The number of nitrogens with zero attached hydrogens (tertiary/aromatic N) is 1. The topological polar surface area (TPSA) is 15.3 Å². The molecule has 0 amide bonds. The van der Waals surface area contributed by atoms with Crippen LogP contribution in [-0.2, 0) is 6.18 Å². The average Bonchev–Trinajstić information content (AvgIpc) is 3.28. The highest BCUT2D eigenvalue weighted by Gasteiger charge is 2.34. The Morgan fingerprint density at radius 2 is 1.86 bits per heavy atom. The molecule has 1 saturated carbocycles. The smallest absolute Gasteiger partial charge is 0.314 e. The molecule has 0 spiro atoms. The third kappa shape index (κ3) is 3.94. The van der Waals surface area contributed by atoms with E-state index in [1.807, 2.05) is 0 Å². The van der Waals surface area contributed by atoms with E-state index >= 15 is 0 Å². The van der Waals surface area contributed by atoms with Gasteiger partial charge in [0.05, 0.1) is 5.56 Å². The summed E-state index contributed by atoms with van der Waals surface area (Å²) in [5.74, 6) is 0.646. The molecule has 0 aromatic heterocycles. The number of halogens is 4. The van der Waals surface area contributed by atoms with Crippen LogP contribution in [0.25, 0.3) is 0 Å². The van der Waals surface area contributed by atoms with Gasteiger partial charge in [-0.1, -0.05) is 24.4 Å². The van der Waals surface area contributed by atoms with Gasteiger partial charge in [-0.15, -0.1) is 0 Å². The molecule has 1 N–H and O–H groups in total. The standard InChI is InChI=1S/C16H20ClF3N2/c17-14-9-12(8-13(10-14)16(18,19)20)15(7-11-1-2-11)22-5-3-21-4-6-22/h8-11,15,21H,1-7H2/t15-/m0/s1. The molecule has 0 radical (unpaired) electrons. The Labute approximate surface area is 133 Å². The molecule has 22 heavy (non-hydrogen) atoms. The third-order valence-corrected chi connectivity index (χ3v) is 4.70. The Kier molecular flexibility index (Phi) is 4.67. The number of benzene rings is 1. The molecule has 1 aliphatic carbocycles. The largest absolute Gasteiger partial charge is 0.416 e. The van der Waals surface area contributed by atoms with Gasteiger partial charge in [0.2, 0.25) is 0 Å². The summed E-state index contributed by atoms with van der Waals surface area (Å²) in [5.41, 5.74) is 0.0551. The van der Waals surface area contributed by atoms with Gasteiger partial charge in [-0.3, -0.25) is 4.90 Å². The molecule has 1 aromatic carbocycles. The minimum Gasteiger partial charge on any atom is -0.314 e. The van der Waals surface area contributed by atoms with Crippen LogP contribution in [0, 0.1) is 5.92 Å². The molecule has 2 fully saturated rings. The molecule has 3 rings (SSSR count). The summed E-state index contributed by atoms with van der Waals surface area (Å²) in [4.78, 5) is 2.29. The van der Waals surface area contributed by atoms with E-state index in [0.29, 0.717) is 11.5 Å². The number of rotatable bonds is 4. The normalized spacial score (nSPS) is 21.8. The number of hydrogen-bond donors (Lipinski definition) is 1. The van der Waals surface area contributed by atoms with Crippen LogP contribution < -0.4 is 5.32 Å². The van der Waals surface area contributed by atoms with Crippen LogP contribution >= 0.6 is 11.6 Å². The van der Waals surface area contributed by atoms with Gasteiger partial charge in [0.1, 0.15) is 0 Å². The molecule has 2 aliphatic rings. The second-order valence-corrected chi connectivity index (χ2v) is 6.69. The van der Waals surface area contributed by atoms with Crippen molar-refractivity contribution in [2.24, 2.45) is 5.92 Å². The van der Waals surface area contributed by atoms with Gasteiger partial charge in [-0.2, -0.15) is 13.2 Å². The molecule has 1 aromatic rings. The lowest BCUT2D eigenvalue weighted by Gasteiger charge is -2.35. The van der Waals surface area contributed by atoms with Crippen molar-refractivity contribution in [3.63, 3.8) is 0 Å². The van der Waals surface area contributed by atoms with Gasteiger partial charge in [0, 0.05) is 37.2 Å². The molecule has 1 atom stereocenters. The quantitative estimate of drug-likeness (QED) is 0.892. The van der Waals surface area contributed by atoms with Gasteiger partial charge < -0.3 is 5.32 Å². The van der Waals surface area contributed by atoms with E-state index in [1.54, 1.807) is 6.07 Å². The first-order valence-corrected chi connectivity index (χ1v) is 8.14. The van der Waals surface area contributed by atoms with E-state index in [9.17, 15) is 13.2 Å². The molecule has 1 aliphatic heterocycles. The zero-order chi connectivity index (χ0) is 15.7. The Morgan fingerprint density at radius 3 is 2.45 bits per heavy atom. The van der Waals surface area contributed by atoms with Crippen molar-refractivity contribution < 1.29 is 13.2 Å². The fourth-order valence-electron chi connectivity index (χ4n) is 3.13. The fraction of sp³-hybridized carbons (Fsp3) is 0.625. The minimum atomic E-state index is -4.35. The molecule has 0 bridgehead atoms. The van der Waals surface area contributed by atoms with Crippen molar-refractivity contribution in [2.75, 3.05) is 26.2 Å². The van der Waals surface area contributed by atoms with Crippen molar-refractivity contribution in [1.29, 1.82) is 0 Å². The maximum atomic E-state index is 13.0. The second-order valence-electron chi connectivity index (χ2n) is 6.25. The van der Waals surface area contributed by atoms with Crippen LogP contribution in [-0.4, -0.2) is 31.1 Å². The number of alkyl halides is 3. The lowest BCUT2D eigenvalue weighted by atomic mass is 9.97. The molecule has 6 heteroatoms. The predicted octanol–water partition coefficient (Wildman–Crippen LogP) is 4.11. The van der Waals surface area contributed by atoms with Crippen LogP contribution in [0.4, 0.5) is 13.2 Å². The summed E-state index contributed by atoms with van der Waals surface area (Å²) < 4.78 is 39.1. The number of nitrogens with one attached hydrogen (secondary N) is 1. The van der Waals surface area contributed by atoms with Crippen LogP contribution in [0.1, 0.15) is 36.4 Å². The Balaban J connectivity index is 1.90. The van der Waals surface area contributed by atoms with E-state index in [-0.39, 0.29) is 11.1 Å². The molecule has 2 nitrogen and oxygen atoms in total. The van der Waals surface area contributed by atoms with Crippen LogP contribution in [0.3, 0.4) is 0 Å². The van der Waals surface area contributed by atoms with E-state index in [2.05, 4.69) is 10.2 Å². The Morgan fingerprint density at radius 1 is 1.18 bits per heavy atom. The molecule has 0 unspecified atom stereocenters. The van der Waals surface area contributed by atoms with E-state index in [4.69, 9.17) is 11.6 Å². The van der Waals surface area contributed by atoms with Crippen molar-refractivity contribution in [1.82, 2.24) is 10.2 Å². The minimum absolute atomic E-state index is 0.0365. The molecule has 1 heterocycles. The van der Waals surface area contributed by atoms with E-state index < -0.39 is 11.7 Å². The van der Waals surface area contributed by atoms with Crippen LogP contribution in [0.5, 0.6) is 0 Å². The van der Waals surface area contributed by atoms with Crippen molar-refractivity contribution in [3.8, 4) is 0 Å². The van der Waals surface area contributed by atoms with Gasteiger partial charge >= 0.3 is 6.18 Å². The van der Waals surface area contributed by atoms with Gasteiger partial charge in [-0.05, 0) is 36.1 Å². The fourth-order valence-corrected chi connectivity index (χ4v) is 3.37. The van der Waals surface area contributed by atoms with Crippen molar-refractivity contribution >= 4 is 11.6 Å². The first kappa shape index (κ1) is 16.1. The second kappa shape index (κ2) is 6.38. The maximum Gasteiger partial charge on any atom is 0.416 e. The van der Waals surface area contributed by atoms with Crippen molar-refractivity contribution in [3.05, 3.63) is 34.3 Å². The highest BCUT2D eigenvalue weighted by atomic mass is 35.5. The summed E-state index contributed by atoms with van der Waals surface area (Å²) >= 11 is 5.96. The average molecular weight is 333 g/mol. The monoisotopic (exact) mass is 332 g/mol. The first-order chi connectivity index (χ1) is 10.4.